The third-order valence-electron chi connectivity index (χ3n) is 4.11. The van der Waals surface area contributed by atoms with Gasteiger partial charge in [-0.05, 0) is 55.0 Å². The van der Waals surface area contributed by atoms with Crippen LogP contribution < -0.4 is 14.3 Å². The van der Waals surface area contributed by atoms with Crippen LogP contribution in [0.25, 0.3) is 0 Å². The highest BCUT2D eigenvalue weighted by atomic mass is 32.2. The van der Waals surface area contributed by atoms with E-state index in [1.54, 1.807) is 48.5 Å². The van der Waals surface area contributed by atoms with Crippen molar-refractivity contribution in [2.24, 2.45) is 5.10 Å². The fourth-order valence-corrected chi connectivity index (χ4v) is 3.46. The quantitative estimate of drug-likeness (QED) is 0.356. The molecule has 0 spiro atoms. The Bertz CT molecular complexity index is 1160. The number of benzene rings is 3. The van der Waals surface area contributed by atoms with Crippen molar-refractivity contribution in [2.75, 3.05) is 7.11 Å². The van der Waals surface area contributed by atoms with Crippen LogP contribution in [-0.2, 0) is 10.1 Å². The van der Waals surface area contributed by atoms with E-state index in [1.807, 2.05) is 13.0 Å². The van der Waals surface area contributed by atoms with Gasteiger partial charge in [-0.2, -0.15) is 13.5 Å². The van der Waals surface area contributed by atoms with Crippen molar-refractivity contribution in [1.29, 1.82) is 0 Å². The van der Waals surface area contributed by atoms with Crippen LogP contribution in [0, 0.1) is 6.92 Å². The average molecular weight is 424 g/mol. The van der Waals surface area contributed by atoms with Gasteiger partial charge < -0.3 is 8.92 Å². The lowest BCUT2D eigenvalue weighted by molar-refractivity contribution is 0.0955. The number of methoxy groups -OCH3 is 1. The summed E-state index contributed by atoms with van der Waals surface area (Å²) in [5.74, 6) is -0.105. The Kier molecular flexibility index (Phi) is 6.48. The summed E-state index contributed by atoms with van der Waals surface area (Å²) in [6.07, 6.45) is 1.38. The summed E-state index contributed by atoms with van der Waals surface area (Å²) in [4.78, 5) is 12.1. The lowest BCUT2D eigenvalue weighted by atomic mass is 10.2. The van der Waals surface area contributed by atoms with Crippen LogP contribution in [0.15, 0.2) is 82.8 Å². The van der Waals surface area contributed by atoms with Crippen LogP contribution in [-0.4, -0.2) is 27.6 Å². The van der Waals surface area contributed by atoms with Crippen molar-refractivity contribution in [1.82, 2.24) is 5.43 Å². The molecule has 0 aliphatic rings. The molecule has 0 fully saturated rings. The Morgan fingerprint density at radius 1 is 0.967 bits per heavy atom. The van der Waals surface area contributed by atoms with Gasteiger partial charge in [0.2, 0.25) is 0 Å². The minimum atomic E-state index is -4.04. The predicted molar refractivity (Wildman–Crippen MR) is 113 cm³/mol. The molecule has 0 saturated heterocycles. The number of hydrazone groups is 1. The number of carbonyl (C=O) groups excluding carboxylic acids is 1. The summed E-state index contributed by atoms with van der Waals surface area (Å²) in [5, 5.41) is 3.91. The number of nitrogens with one attached hydrogen (secondary N) is 1. The van der Waals surface area contributed by atoms with E-state index in [9.17, 15) is 13.2 Å². The van der Waals surface area contributed by atoms with Crippen LogP contribution in [0.5, 0.6) is 11.5 Å². The number of carbonyl (C=O) groups is 1. The number of aryl methyl sites for hydroxylation is 1. The number of nitrogens with zero attached hydrogens (tertiary/aromatic N) is 1. The first-order chi connectivity index (χ1) is 14.4. The molecule has 0 aliphatic carbocycles. The van der Waals surface area contributed by atoms with Gasteiger partial charge in [-0.3, -0.25) is 4.79 Å². The number of amides is 1. The second-order valence-corrected chi connectivity index (χ2v) is 7.87. The lowest BCUT2D eigenvalue weighted by Crippen LogP contribution is -2.17. The normalized spacial score (nSPS) is 11.3. The van der Waals surface area contributed by atoms with Crippen LogP contribution >= 0.6 is 0 Å². The highest BCUT2D eigenvalue weighted by Crippen LogP contribution is 2.30. The van der Waals surface area contributed by atoms with E-state index in [4.69, 9.17) is 8.92 Å². The van der Waals surface area contributed by atoms with Crippen molar-refractivity contribution < 1.29 is 22.1 Å². The molecule has 154 valence electrons. The first kappa shape index (κ1) is 21.1. The molecule has 1 N–H and O–H groups in total. The van der Waals surface area contributed by atoms with Gasteiger partial charge in [0.05, 0.1) is 13.3 Å². The molecular formula is C22H20N2O5S. The predicted octanol–water partition coefficient (Wildman–Crippen LogP) is 3.54. The zero-order chi connectivity index (χ0) is 21.6. The molecule has 7 nitrogen and oxygen atoms in total. The number of rotatable bonds is 7. The SMILES string of the molecule is COc1ccc(C=NNC(=O)c2ccccc2)cc1OS(=O)(=O)c1ccc(C)cc1. The summed E-state index contributed by atoms with van der Waals surface area (Å²) in [5.41, 5.74) is 4.33. The Hall–Kier alpha value is -3.65. The minimum absolute atomic E-state index is 0.0106. The van der Waals surface area contributed by atoms with Crippen molar-refractivity contribution in [3.05, 3.63) is 89.5 Å². The van der Waals surface area contributed by atoms with Crippen LogP contribution in [0.3, 0.4) is 0 Å². The van der Waals surface area contributed by atoms with Crippen LogP contribution in [0.4, 0.5) is 0 Å². The van der Waals surface area contributed by atoms with E-state index in [1.165, 1.54) is 31.5 Å². The molecule has 0 radical (unpaired) electrons. The van der Waals surface area contributed by atoms with Gasteiger partial charge in [0, 0.05) is 5.56 Å². The van der Waals surface area contributed by atoms with Crippen molar-refractivity contribution >= 4 is 22.2 Å². The molecule has 3 rings (SSSR count). The molecule has 3 aromatic carbocycles. The maximum absolute atomic E-state index is 12.6. The molecule has 1 amide bonds. The summed E-state index contributed by atoms with van der Waals surface area (Å²) in [6.45, 7) is 1.86. The third-order valence-corrected chi connectivity index (χ3v) is 5.36. The average Bonchev–Trinajstić information content (AvgIpc) is 2.74. The summed E-state index contributed by atoms with van der Waals surface area (Å²) in [6, 6.07) is 19.6. The van der Waals surface area contributed by atoms with E-state index < -0.39 is 10.1 Å². The molecular weight excluding hydrogens is 404 g/mol. The van der Waals surface area contributed by atoms with Crippen molar-refractivity contribution in [3.63, 3.8) is 0 Å². The van der Waals surface area contributed by atoms with E-state index in [-0.39, 0.29) is 22.3 Å². The molecule has 0 aromatic heterocycles. The van der Waals surface area contributed by atoms with Gasteiger partial charge in [-0.15, -0.1) is 0 Å². The fraction of sp³-hybridized carbons (Fsp3) is 0.0909. The molecule has 8 heteroatoms. The topological polar surface area (TPSA) is 94.1 Å². The molecule has 0 bridgehead atoms. The van der Waals surface area contributed by atoms with Gasteiger partial charge in [0.15, 0.2) is 11.5 Å². The molecule has 0 heterocycles. The maximum Gasteiger partial charge on any atom is 0.339 e. The fourth-order valence-electron chi connectivity index (χ4n) is 2.53. The highest BCUT2D eigenvalue weighted by Gasteiger charge is 2.19. The largest absolute Gasteiger partial charge is 0.493 e. The van der Waals surface area contributed by atoms with E-state index in [0.717, 1.165) is 5.56 Å². The lowest BCUT2D eigenvalue weighted by Gasteiger charge is -2.11. The second kappa shape index (κ2) is 9.23. The molecule has 0 saturated carbocycles. The Morgan fingerprint density at radius 3 is 2.33 bits per heavy atom. The Labute approximate surface area is 175 Å². The van der Waals surface area contributed by atoms with Gasteiger partial charge in [-0.25, -0.2) is 5.43 Å². The summed E-state index contributed by atoms with van der Waals surface area (Å²) >= 11 is 0. The van der Waals surface area contributed by atoms with Gasteiger partial charge in [0.25, 0.3) is 5.91 Å². The number of hydrogen-bond acceptors (Lipinski definition) is 6. The first-order valence-corrected chi connectivity index (χ1v) is 10.4. The summed E-state index contributed by atoms with van der Waals surface area (Å²) < 4.78 is 35.7. The van der Waals surface area contributed by atoms with E-state index in [0.29, 0.717) is 11.1 Å². The van der Waals surface area contributed by atoms with Gasteiger partial charge in [0.1, 0.15) is 4.90 Å². The maximum atomic E-state index is 12.6. The van der Waals surface area contributed by atoms with Gasteiger partial charge in [-0.1, -0.05) is 35.9 Å². The smallest absolute Gasteiger partial charge is 0.339 e. The van der Waals surface area contributed by atoms with Crippen molar-refractivity contribution in [2.45, 2.75) is 11.8 Å². The molecule has 0 aliphatic heterocycles. The Morgan fingerprint density at radius 2 is 1.67 bits per heavy atom. The number of hydrogen-bond donors (Lipinski definition) is 1. The third kappa shape index (κ3) is 5.24. The Balaban J connectivity index is 1.78. The standard InChI is InChI=1S/C22H20N2O5S/c1-16-8-11-19(12-9-16)30(26,27)29-21-14-17(10-13-20(21)28-2)15-23-24-22(25)18-6-4-3-5-7-18/h3-15H,1-2H3,(H,24,25). The number of ether oxygens (including phenoxy) is 1. The molecule has 30 heavy (non-hydrogen) atoms. The first-order valence-electron chi connectivity index (χ1n) is 8.97. The molecule has 0 unspecified atom stereocenters. The molecule has 3 aromatic rings. The second-order valence-electron chi connectivity index (χ2n) is 6.33. The zero-order valence-electron chi connectivity index (χ0n) is 16.4. The van der Waals surface area contributed by atoms with Crippen molar-refractivity contribution in [3.8, 4) is 11.5 Å². The zero-order valence-corrected chi connectivity index (χ0v) is 17.2. The highest BCUT2D eigenvalue weighted by molar-refractivity contribution is 7.87. The van der Waals surface area contributed by atoms with Gasteiger partial charge >= 0.3 is 10.1 Å². The summed E-state index contributed by atoms with van der Waals surface area (Å²) in [7, 11) is -2.63. The van der Waals surface area contributed by atoms with Crippen LogP contribution in [0.1, 0.15) is 21.5 Å². The van der Waals surface area contributed by atoms with E-state index >= 15 is 0 Å². The van der Waals surface area contributed by atoms with Crippen LogP contribution in [0.2, 0.25) is 0 Å². The van der Waals surface area contributed by atoms with E-state index in [2.05, 4.69) is 10.5 Å². The molecule has 0 atom stereocenters. The monoisotopic (exact) mass is 424 g/mol. The minimum Gasteiger partial charge on any atom is -0.493 e.